The number of carbonyl (C=O) groups is 1. The minimum Gasteiger partial charge on any atom is -0.497 e. The van der Waals surface area contributed by atoms with E-state index in [1.165, 1.54) is 12.8 Å². The molecule has 104 valence electrons. The van der Waals surface area contributed by atoms with E-state index < -0.39 is 0 Å². The standard InChI is InChI=1S/C15H20BrNO2/c1-11-6-4-3-5-9-17(11)15(18)13-10-12(19-2)7-8-14(13)16/h7-8,10-11H,3-6,9H2,1-2H3. The van der Waals surface area contributed by atoms with Crippen molar-refractivity contribution in [1.82, 2.24) is 4.90 Å². The van der Waals surface area contributed by atoms with Crippen LogP contribution in [0.2, 0.25) is 0 Å². The first kappa shape index (κ1) is 14.4. The molecule has 1 unspecified atom stereocenters. The van der Waals surface area contributed by atoms with Gasteiger partial charge in [-0.05, 0) is 53.9 Å². The molecule has 1 aromatic carbocycles. The first-order valence-corrected chi connectivity index (χ1v) is 7.57. The zero-order valence-corrected chi connectivity index (χ0v) is 13.1. The molecule has 1 aliphatic rings. The van der Waals surface area contributed by atoms with E-state index in [0.29, 0.717) is 17.4 Å². The highest BCUT2D eigenvalue weighted by Gasteiger charge is 2.24. The summed E-state index contributed by atoms with van der Waals surface area (Å²) in [6.45, 7) is 2.99. The first-order valence-electron chi connectivity index (χ1n) is 6.78. The molecule has 1 aromatic rings. The van der Waals surface area contributed by atoms with E-state index in [1.807, 2.05) is 23.1 Å². The third-order valence-corrected chi connectivity index (χ3v) is 4.41. The van der Waals surface area contributed by atoms with E-state index in [1.54, 1.807) is 7.11 Å². The zero-order chi connectivity index (χ0) is 13.8. The average Bonchev–Trinajstić information content (AvgIpc) is 2.63. The minimum absolute atomic E-state index is 0.0974. The number of rotatable bonds is 2. The van der Waals surface area contributed by atoms with Crippen LogP contribution in [0.3, 0.4) is 0 Å². The first-order chi connectivity index (χ1) is 9.13. The van der Waals surface area contributed by atoms with Gasteiger partial charge in [-0.15, -0.1) is 0 Å². The number of hydrogen-bond donors (Lipinski definition) is 0. The molecule has 3 nitrogen and oxygen atoms in total. The lowest BCUT2D eigenvalue weighted by molar-refractivity contribution is 0.0696. The molecule has 0 radical (unpaired) electrons. The molecule has 1 heterocycles. The van der Waals surface area contributed by atoms with Crippen LogP contribution >= 0.6 is 15.9 Å². The van der Waals surface area contributed by atoms with Gasteiger partial charge in [-0.2, -0.15) is 0 Å². The molecule has 4 heteroatoms. The van der Waals surface area contributed by atoms with Gasteiger partial charge in [-0.1, -0.05) is 12.8 Å². The number of benzene rings is 1. The van der Waals surface area contributed by atoms with Crippen LogP contribution in [0.5, 0.6) is 5.75 Å². The smallest absolute Gasteiger partial charge is 0.255 e. The van der Waals surface area contributed by atoms with Crippen molar-refractivity contribution in [3.05, 3.63) is 28.2 Å². The van der Waals surface area contributed by atoms with Crippen LogP contribution < -0.4 is 4.74 Å². The second-order valence-corrected chi connectivity index (χ2v) is 5.90. The summed E-state index contributed by atoms with van der Waals surface area (Å²) in [6, 6.07) is 5.85. The van der Waals surface area contributed by atoms with Crippen molar-refractivity contribution in [3.63, 3.8) is 0 Å². The van der Waals surface area contributed by atoms with Crippen LogP contribution in [0.25, 0.3) is 0 Å². The fraction of sp³-hybridized carbons (Fsp3) is 0.533. The molecule has 1 fully saturated rings. The Bertz CT molecular complexity index is 461. The highest BCUT2D eigenvalue weighted by atomic mass is 79.9. The molecular formula is C15H20BrNO2. The SMILES string of the molecule is COc1ccc(Br)c(C(=O)N2CCCCCC2C)c1. The molecule has 1 amide bonds. The van der Waals surface area contributed by atoms with Crippen molar-refractivity contribution in [2.75, 3.05) is 13.7 Å². The van der Waals surface area contributed by atoms with Crippen LogP contribution in [0.1, 0.15) is 43.0 Å². The Morgan fingerprint density at radius 1 is 1.37 bits per heavy atom. The van der Waals surface area contributed by atoms with Gasteiger partial charge >= 0.3 is 0 Å². The number of methoxy groups -OCH3 is 1. The summed E-state index contributed by atoms with van der Waals surface area (Å²) < 4.78 is 6.04. The summed E-state index contributed by atoms with van der Waals surface area (Å²) in [4.78, 5) is 14.7. The molecule has 1 atom stereocenters. The monoisotopic (exact) mass is 325 g/mol. The maximum atomic E-state index is 12.7. The third-order valence-electron chi connectivity index (χ3n) is 3.72. The predicted octanol–water partition coefficient (Wildman–Crippen LogP) is 3.86. The average molecular weight is 326 g/mol. The van der Waals surface area contributed by atoms with E-state index in [4.69, 9.17) is 4.74 Å². The predicted molar refractivity (Wildman–Crippen MR) is 79.7 cm³/mol. The second kappa shape index (κ2) is 6.42. The van der Waals surface area contributed by atoms with Gasteiger partial charge in [0.05, 0.1) is 12.7 Å². The fourth-order valence-corrected chi connectivity index (χ4v) is 2.94. The number of carbonyl (C=O) groups excluding carboxylic acids is 1. The van der Waals surface area contributed by atoms with E-state index in [0.717, 1.165) is 23.9 Å². The Morgan fingerprint density at radius 2 is 2.16 bits per heavy atom. The summed E-state index contributed by atoms with van der Waals surface area (Å²) in [5, 5.41) is 0. The molecule has 0 aromatic heterocycles. The molecule has 0 spiro atoms. The Labute approximate surface area is 123 Å². The Hall–Kier alpha value is -1.03. The molecular weight excluding hydrogens is 306 g/mol. The molecule has 1 aliphatic heterocycles. The van der Waals surface area contributed by atoms with E-state index in [2.05, 4.69) is 22.9 Å². The molecule has 0 bridgehead atoms. The Kier molecular flexibility index (Phi) is 4.86. The maximum Gasteiger partial charge on any atom is 0.255 e. The van der Waals surface area contributed by atoms with Crippen molar-refractivity contribution in [2.24, 2.45) is 0 Å². The fourth-order valence-electron chi connectivity index (χ4n) is 2.53. The molecule has 19 heavy (non-hydrogen) atoms. The van der Waals surface area contributed by atoms with Crippen molar-refractivity contribution < 1.29 is 9.53 Å². The van der Waals surface area contributed by atoms with Crippen LogP contribution in [0.4, 0.5) is 0 Å². The zero-order valence-electron chi connectivity index (χ0n) is 11.5. The largest absolute Gasteiger partial charge is 0.497 e. The van der Waals surface area contributed by atoms with Gasteiger partial charge in [0.1, 0.15) is 5.75 Å². The summed E-state index contributed by atoms with van der Waals surface area (Å²) in [5.74, 6) is 0.814. The maximum absolute atomic E-state index is 12.7. The van der Waals surface area contributed by atoms with Crippen LogP contribution in [-0.2, 0) is 0 Å². The van der Waals surface area contributed by atoms with Crippen LogP contribution in [-0.4, -0.2) is 30.5 Å². The van der Waals surface area contributed by atoms with Gasteiger partial charge in [0, 0.05) is 17.1 Å². The number of hydrogen-bond acceptors (Lipinski definition) is 2. The van der Waals surface area contributed by atoms with Gasteiger partial charge in [-0.3, -0.25) is 4.79 Å². The lowest BCUT2D eigenvalue weighted by Gasteiger charge is -2.27. The lowest BCUT2D eigenvalue weighted by Crippen LogP contribution is -2.38. The molecule has 0 N–H and O–H groups in total. The highest BCUT2D eigenvalue weighted by molar-refractivity contribution is 9.10. The van der Waals surface area contributed by atoms with Gasteiger partial charge in [0.15, 0.2) is 0 Å². The Morgan fingerprint density at radius 3 is 2.89 bits per heavy atom. The number of ether oxygens (including phenoxy) is 1. The number of amides is 1. The van der Waals surface area contributed by atoms with Crippen LogP contribution in [0.15, 0.2) is 22.7 Å². The highest BCUT2D eigenvalue weighted by Crippen LogP contribution is 2.26. The van der Waals surface area contributed by atoms with Crippen molar-refractivity contribution in [3.8, 4) is 5.75 Å². The quantitative estimate of drug-likeness (QED) is 0.826. The van der Waals surface area contributed by atoms with Gasteiger partial charge in [0.25, 0.3) is 5.91 Å². The lowest BCUT2D eigenvalue weighted by atomic mass is 10.1. The van der Waals surface area contributed by atoms with Crippen molar-refractivity contribution >= 4 is 21.8 Å². The summed E-state index contributed by atoms with van der Waals surface area (Å²) in [6.07, 6.45) is 4.61. The normalized spacial score (nSPS) is 19.9. The topological polar surface area (TPSA) is 29.5 Å². The Balaban J connectivity index is 2.26. The number of halogens is 1. The molecule has 1 saturated heterocycles. The van der Waals surface area contributed by atoms with Gasteiger partial charge in [0.2, 0.25) is 0 Å². The van der Waals surface area contributed by atoms with Crippen LogP contribution in [0, 0.1) is 0 Å². The van der Waals surface area contributed by atoms with Gasteiger partial charge < -0.3 is 9.64 Å². The van der Waals surface area contributed by atoms with E-state index >= 15 is 0 Å². The van der Waals surface area contributed by atoms with E-state index in [-0.39, 0.29) is 5.91 Å². The van der Waals surface area contributed by atoms with Crippen molar-refractivity contribution in [1.29, 1.82) is 0 Å². The summed E-state index contributed by atoms with van der Waals surface area (Å²) >= 11 is 3.46. The summed E-state index contributed by atoms with van der Waals surface area (Å²) in [5.41, 5.74) is 0.688. The second-order valence-electron chi connectivity index (χ2n) is 5.04. The van der Waals surface area contributed by atoms with E-state index in [9.17, 15) is 4.79 Å². The summed E-state index contributed by atoms with van der Waals surface area (Å²) in [7, 11) is 1.62. The van der Waals surface area contributed by atoms with Crippen molar-refractivity contribution in [2.45, 2.75) is 38.6 Å². The third kappa shape index (κ3) is 3.30. The molecule has 0 aliphatic carbocycles. The molecule has 0 saturated carbocycles. The molecule has 2 rings (SSSR count). The van der Waals surface area contributed by atoms with Gasteiger partial charge in [-0.25, -0.2) is 0 Å². The number of nitrogens with zero attached hydrogens (tertiary/aromatic N) is 1. The number of likely N-dealkylation sites (tertiary alicyclic amines) is 1. The minimum atomic E-state index is 0.0974.